The zero-order chi connectivity index (χ0) is 12.5. The number of hydrogen-bond donors (Lipinski definition) is 1. The topological polar surface area (TPSA) is 30.5 Å². The standard InChI is InChI=1S/C12H15F2NO2/c1-15-5-12(6-17-7-12)8-3-10(14)11(16-2)4-9(8)13/h3-4,15H,5-7H2,1-2H3. The van der Waals surface area contributed by atoms with Crippen molar-refractivity contribution in [3.05, 3.63) is 29.3 Å². The third kappa shape index (κ3) is 2.00. The van der Waals surface area contributed by atoms with E-state index in [1.807, 2.05) is 0 Å². The number of benzene rings is 1. The summed E-state index contributed by atoms with van der Waals surface area (Å²) in [5.41, 5.74) is -0.122. The van der Waals surface area contributed by atoms with E-state index in [9.17, 15) is 8.78 Å². The van der Waals surface area contributed by atoms with Gasteiger partial charge in [-0.25, -0.2) is 8.78 Å². The molecule has 1 saturated heterocycles. The Bertz CT molecular complexity index is 419. The Morgan fingerprint density at radius 1 is 1.35 bits per heavy atom. The van der Waals surface area contributed by atoms with E-state index in [-0.39, 0.29) is 5.75 Å². The molecule has 1 heterocycles. The van der Waals surface area contributed by atoms with Gasteiger partial charge in [0.05, 0.1) is 25.7 Å². The fourth-order valence-electron chi connectivity index (χ4n) is 2.13. The highest BCUT2D eigenvalue weighted by Gasteiger charge is 2.42. The van der Waals surface area contributed by atoms with Crippen molar-refractivity contribution >= 4 is 0 Å². The van der Waals surface area contributed by atoms with Gasteiger partial charge in [0.2, 0.25) is 0 Å². The number of rotatable bonds is 4. The number of hydrogen-bond acceptors (Lipinski definition) is 3. The van der Waals surface area contributed by atoms with Crippen LogP contribution in [0.4, 0.5) is 8.78 Å². The van der Waals surface area contributed by atoms with Crippen LogP contribution in [-0.4, -0.2) is 33.9 Å². The van der Waals surface area contributed by atoms with E-state index in [1.165, 1.54) is 13.2 Å². The highest BCUT2D eigenvalue weighted by atomic mass is 19.1. The van der Waals surface area contributed by atoms with Gasteiger partial charge in [0.15, 0.2) is 11.6 Å². The molecule has 0 bridgehead atoms. The molecule has 2 rings (SSSR count). The smallest absolute Gasteiger partial charge is 0.165 e. The molecule has 17 heavy (non-hydrogen) atoms. The minimum absolute atomic E-state index is 0.0777. The molecular formula is C12H15F2NO2. The zero-order valence-electron chi connectivity index (χ0n) is 9.85. The second-order valence-electron chi connectivity index (χ2n) is 4.27. The highest BCUT2D eigenvalue weighted by molar-refractivity contribution is 5.37. The van der Waals surface area contributed by atoms with Crippen LogP contribution in [0.15, 0.2) is 12.1 Å². The van der Waals surface area contributed by atoms with Crippen LogP contribution in [0.1, 0.15) is 5.56 Å². The molecule has 0 saturated carbocycles. The largest absolute Gasteiger partial charge is 0.494 e. The van der Waals surface area contributed by atoms with Crippen LogP contribution in [0.3, 0.4) is 0 Å². The molecule has 0 aromatic heterocycles. The monoisotopic (exact) mass is 243 g/mol. The molecule has 1 fully saturated rings. The van der Waals surface area contributed by atoms with Gasteiger partial charge in [0.25, 0.3) is 0 Å². The summed E-state index contributed by atoms with van der Waals surface area (Å²) in [5, 5.41) is 2.98. The van der Waals surface area contributed by atoms with E-state index in [4.69, 9.17) is 9.47 Å². The summed E-state index contributed by atoms with van der Waals surface area (Å²) < 4.78 is 37.4. The van der Waals surface area contributed by atoms with Crippen molar-refractivity contribution in [2.24, 2.45) is 0 Å². The van der Waals surface area contributed by atoms with Crippen LogP contribution < -0.4 is 10.1 Å². The number of ether oxygens (including phenoxy) is 2. The van der Waals surface area contributed by atoms with Gasteiger partial charge in [-0.15, -0.1) is 0 Å². The predicted molar refractivity (Wildman–Crippen MR) is 59.3 cm³/mol. The normalized spacial score (nSPS) is 17.6. The molecule has 1 aromatic carbocycles. The van der Waals surface area contributed by atoms with Crippen LogP contribution in [0, 0.1) is 11.6 Å². The second-order valence-corrected chi connectivity index (χ2v) is 4.27. The van der Waals surface area contributed by atoms with Crippen LogP contribution in [0.25, 0.3) is 0 Å². The lowest BCUT2D eigenvalue weighted by Gasteiger charge is -2.42. The van der Waals surface area contributed by atoms with Crippen LogP contribution in [0.2, 0.25) is 0 Å². The van der Waals surface area contributed by atoms with E-state index in [0.717, 1.165) is 6.07 Å². The number of halogens is 2. The van der Waals surface area contributed by atoms with Gasteiger partial charge in [0.1, 0.15) is 5.82 Å². The van der Waals surface area contributed by atoms with Crippen molar-refractivity contribution in [2.75, 3.05) is 33.9 Å². The summed E-state index contributed by atoms with van der Waals surface area (Å²) in [5.74, 6) is -1.08. The molecule has 0 amide bonds. The third-order valence-electron chi connectivity index (χ3n) is 3.08. The van der Waals surface area contributed by atoms with Crippen molar-refractivity contribution in [3.63, 3.8) is 0 Å². The Morgan fingerprint density at radius 3 is 2.53 bits per heavy atom. The summed E-state index contributed by atoms with van der Waals surface area (Å²) in [6, 6.07) is 2.29. The molecule has 0 aliphatic carbocycles. The SMILES string of the molecule is CNCC1(c2cc(F)c(OC)cc2F)COC1. The van der Waals surface area contributed by atoms with Gasteiger partial charge in [-0.3, -0.25) is 0 Å². The van der Waals surface area contributed by atoms with E-state index >= 15 is 0 Å². The summed E-state index contributed by atoms with van der Waals surface area (Å²) in [7, 11) is 3.09. The van der Waals surface area contributed by atoms with Gasteiger partial charge < -0.3 is 14.8 Å². The van der Waals surface area contributed by atoms with Crippen LogP contribution in [-0.2, 0) is 10.2 Å². The minimum atomic E-state index is -0.550. The predicted octanol–water partition coefficient (Wildman–Crippen LogP) is 1.46. The lowest BCUT2D eigenvalue weighted by Crippen LogP contribution is -2.53. The van der Waals surface area contributed by atoms with Gasteiger partial charge >= 0.3 is 0 Å². The average molecular weight is 243 g/mol. The van der Waals surface area contributed by atoms with Crippen molar-refractivity contribution in [1.29, 1.82) is 0 Å². The number of methoxy groups -OCH3 is 1. The number of nitrogens with one attached hydrogen (secondary N) is 1. The maximum Gasteiger partial charge on any atom is 0.165 e. The van der Waals surface area contributed by atoms with Crippen molar-refractivity contribution in [1.82, 2.24) is 5.32 Å². The van der Waals surface area contributed by atoms with Gasteiger partial charge in [-0.05, 0) is 13.1 Å². The molecular weight excluding hydrogens is 228 g/mol. The Morgan fingerprint density at radius 2 is 2.06 bits per heavy atom. The molecule has 0 atom stereocenters. The molecule has 3 nitrogen and oxygen atoms in total. The van der Waals surface area contributed by atoms with Gasteiger partial charge in [-0.2, -0.15) is 0 Å². The van der Waals surface area contributed by atoms with Gasteiger partial charge in [-0.1, -0.05) is 0 Å². The summed E-state index contributed by atoms with van der Waals surface area (Å²) in [4.78, 5) is 0. The first-order valence-electron chi connectivity index (χ1n) is 5.39. The molecule has 1 aromatic rings. The Balaban J connectivity index is 2.41. The van der Waals surface area contributed by atoms with Crippen molar-refractivity contribution in [2.45, 2.75) is 5.41 Å². The molecule has 0 spiro atoms. The molecule has 0 radical (unpaired) electrons. The van der Waals surface area contributed by atoms with E-state index in [1.54, 1.807) is 7.05 Å². The molecule has 1 aliphatic heterocycles. The summed E-state index contributed by atoms with van der Waals surface area (Å²) in [6.07, 6.45) is 0. The quantitative estimate of drug-likeness (QED) is 0.868. The average Bonchev–Trinajstić information content (AvgIpc) is 2.26. The molecule has 5 heteroatoms. The Hall–Kier alpha value is -1.20. The maximum atomic E-state index is 13.9. The van der Waals surface area contributed by atoms with Crippen LogP contribution >= 0.6 is 0 Å². The fraction of sp³-hybridized carbons (Fsp3) is 0.500. The Kier molecular flexibility index (Phi) is 3.31. The minimum Gasteiger partial charge on any atom is -0.494 e. The summed E-state index contributed by atoms with van der Waals surface area (Å²) >= 11 is 0. The maximum absolute atomic E-state index is 13.9. The second kappa shape index (κ2) is 4.58. The molecule has 94 valence electrons. The Labute approximate surface area is 98.7 Å². The van der Waals surface area contributed by atoms with E-state index in [2.05, 4.69) is 5.32 Å². The third-order valence-corrected chi connectivity index (χ3v) is 3.08. The van der Waals surface area contributed by atoms with Crippen molar-refractivity contribution < 1.29 is 18.3 Å². The molecule has 1 aliphatic rings. The zero-order valence-corrected chi connectivity index (χ0v) is 9.85. The first-order chi connectivity index (χ1) is 8.13. The van der Waals surface area contributed by atoms with Crippen LogP contribution in [0.5, 0.6) is 5.75 Å². The first-order valence-corrected chi connectivity index (χ1v) is 5.39. The lowest BCUT2D eigenvalue weighted by atomic mass is 9.78. The fourth-order valence-corrected chi connectivity index (χ4v) is 2.13. The van der Waals surface area contributed by atoms with Crippen molar-refractivity contribution in [3.8, 4) is 5.75 Å². The molecule has 0 unspecified atom stereocenters. The van der Waals surface area contributed by atoms with Gasteiger partial charge in [0, 0.05) is 18.2 Å². The molecule has 1 N–H and O–H groups in total. The summed E-state index contributed by atoms with van der Waals surface area (Å²) in [6.45, 7) is 1.35. The lowest BCUT2D eigenvalue weighted by molar-refractivity contribution is -0.0599. The van der Waals surface area contributed by atoms with E-state index in [0.29, 0.717) is 25.3 Å². The first kappa shape index (κ1) is 12.3. The van der Waals surface area contributed by atoms with E-state index < -0.39 is 17.0 Å². The highest BCUT2D eigenvalue weighted by Crippen LogP contribution is 2.35. The number of likely N-dealkylation sites (N-methyl/N-ethyl adjacent to an activating group) is 1.